The number of amides is 1. The second kappa shape index (κ2) is 8.32. The highest BCUT2D eigenvalue weighted by Gasteiger charge is 2.17. The van der Waals surface area contributed by atoms with Crippen LogP contribution in [0.5, 0.6) is 0 Å². The fourth-order valence-corrected chi connectivity index (χ4v) is 2.24. The van der Waals surface area contributed by atoms with Gasteiger partial charge in [-0.1, -0.05) is 60.7 Å². The largest absolute Gasteiger partial charge is 0.391 e. The van der Waals surface area contributed by atoms with Crippen molar-refractivity contribution in [2.45, 2.75) is 31.5 Å². The zero-order valence-corrected chi connectivity index (χ0v) is 12.5. The molecule has 0 unspecified atom stereocenters. The summed E-state index contributed by atoms with van der Waals surface area (Å²) in [6.07, 6.45) is -0.129. The van der Waals surface area contributed by atoms with E-state index in [-0.39, 0.29) is 12.3 Å². The molecule has 1 amide bonds. The first-order valence-electron chi connectivity index (χ1n) is 7.46. The summed E-state index contributed by atoms with van der Waals surface area (Å²) in [6.45, 7) is 0.501. The van der Waals surface area contributed by atoms with Gasteiger partial charge in [0.1, 0.15) is 0 Å². The number of rotatable bonds is 7. The summed E-state index contributed by atoms with van der Waals surface area (Å²) in [7, 11) is 0. The van der Waals surface area contributed by atoms with Gasteiger partial charge in [-0.05, 0) is 17.5 Å². The lowest BCUT2D eigenvalue weighted by atomic mass is 9.99. The molecule has 116 valence electrons. The zero-order chi connectivity index (χ0) is 15.8. The molecule has 0 aliphatic carbocycles. The zero-order valence-electron chi connectivity index (χ0n) is 12.5. The predicted octanol–water partition coefficient (Wildman–Crippen LogP) is 2.14. The minimum atomic E-state index is -0.732. The second-order valence-corrected chi connectivity index (χ2v) is 5.30. The van der Waals surface area contributed by atoms with E-state index < -0.39 is 12.1 Å². The van der Waals surface area contributed by atoms with Crippen LogP contribution in [0.1, 0.15) is 30.0 Å². The molecule has 2 aromatic rings. The molecule has 0 aliphatic heterocycles. The van der Waals surface area contributed by atoms with Gasteiger partial charge in [-0.3, -0.25) is 4.79 Å². The average molecular weight is 298 g/mol. The maximum absolute atomic E-state index is 11.8. The van der Waals surface area contributed by atoms with Gasteiger partial charge in [0, 0.05) is 13.0 Å². The molecule has 0 spiro atoms. The molecule has 0 radical (unpaired) electrons. The topological polar surface area (TPSA) is 75.3 Å². The third kappa shape index (κ3) is 4.98. The van der Waals surface area contributed by atoms with Crippen molar-refractivity contribution in [1.29, 1.82) is 0 Å². The minimum Gasteiger partial charge on any atom is -0.391 e. The molecule has 4 heteroatoms. The summed E-state index contributed by atoms with van der Waals surface area (Å²) in [5.41, 5.74) is 7.94. The normalized spacial score (nSPS) is 13.4. The number of carbonyl (C=O) groups excluding carboxylic acids is 1. The van der Waals surface area contributed by atoms with Gasteiger partial charge in [0.25, 0.3) is 0 Å². The van der Waals surface area contributed by atoms with E-state index in [2.05, 4.69) is 5.32 Å². The van der Waals surface area contributed by atoms with Crippen molar-refractivity contribution in [2.75, 3.05) is 0 Å². The Morgan fingerprint density at radius 2 is 1.64 bits per heavy atom. The monoisotopic (exact) mass is 298 g/mol. The molecule has 4 nitrogen and oxygen atoms in total. The molecular formula is C18H22N2O2. The lowest BCUT2D eigenvalue weighted by Crippen LogP contribution is -2.29. The van der Waals surface area contributed by atoms with E-state index >= 15 is 0 Å². The van der Waals surface area contributed by atoms with Crippen LogP contribution in [0.25, 0.3) is 0 Å². The van der Waals surface area contributed by atoms with E-state index in [1.165, 1.54) is 0 Å². The van der Waals surface area contributed by atoms with Crippen molar-refractivity contribution in [3.05, 3.63) is 71.8 Å². The van der Waals surface area contributed by atoms with Crippen LogP contribution < -0.4 is 11.1 Å². The Morgan fingerprint density at radius 1 is 1.05 bits per heavy atom. The summed E-state index contributed by atoms with van der Waals surface area (Å²) in [6, 6.07) is 18.7. The Labute approximate surface area is 131 Å². The summed E-state index contributed by atoms with van der Waals surface area (Å²) in [5.74, 6) is -0.0804. The van der Waals surface area contributed by atoms with Gasteiger partial charge in [0.15, 0.2) is 0 Å². The third-order valence-corrected chi connectivity index (χ3v) is 3.60. The molecule has 0 fully saturated rings. The minimum absolute atomic E-state index is 0.0804. The van der Waals surface area contributed by atoms with E-state index in [0.717, 1.165) is 11.1 Å². The standard InChI is InChI=1S/C18H22N2O2/c19-18(15-9-5-2-6-10-15)16(21)11-12-17(22)20-13-14-7-3-1-4-8-14/h1-10,16,18,21H,11-13,19H2,(H,20,22)/t16-,18-/m0/s1. The summed E-state index contributed by atoms with van der Waals surface area (Å²) in [4.78, 5) is 11.8. The molecule has 2 aromatic carbocycles. The lowest BCUT2D eigenvalue weighted by molar-refractivity contribution is -0.121. The smallest absolute Gasteiger partial charge is 0.220 e. The maximum Gasteiger partial charge on any atom is 0.220 e. The van der Waals surface area contributed by atoms with Gasteiger partial charge in [0.05, 0.1) is 12.1 Å². The number of nitrogens with one attached hydrogen (secondary N) is 1. The number of aliphatic hydroxyl groups is 1. The quantitative estimate of drug-likeness (QED) is 0.733. The number of aliphatic hydroxyl groups excluding tert-OH is 1. The van der Waals surface area contributed by atoms with Crippen LogP contribution in [0.3, 0.4) is 0 Å². The van der Waals surface area contributed by atoms with Crippen molar-refractivity contribution in [3.63, 3.8) is 0 Å². The predicted molar refractivity (Wildman–Crippen MR) is 86.9 cm³/mol. The van der Waals surface area contributed by atoms with E-state index in [1.54, 1.807) is 0 Å². The van der Waals surface area contributed by atoms with Crippen LogP contribution in [0.15, 0.2) is 60.7 Å². The van der Waals surface area contributed by atoms with Crippen LogP contribution >= 0.6 is 0 Å². The Balaban J connectivity index is 1.74. The van der Waals surface area contributed by atoms with Gasteiger partial charge in [-0.15, -0.1) is 0 Å². The van der Waals surface area contributed by atoms with Crippen molar-refractivity contribution in [3.8, 4) is 0 Å². The SMILES string of the molecule is N[C@@H](c1ccccc1)[C@@H](O)CCC(=O)NCc1ccccc1. The fourth-order valence-electron chi connectivity index (χ4n) is 2.24. The molecule has 4 N–H and O–H groups in total. The maximum atomic E-state index is 11.8. The van der Waals surface area contributed by atoms with Gasteiger partial charge < -0.3 is 16.2 Å². The van der Waals surface area contributed by atoms with Gasteiger partial charge >= 0.3 is 0 Å². The van der Waals surface area contributed by atoms with Gasteiger partial charge in [-0.2, -0.15) is 0 Å². The Bertz CT molecular complexity index is 572. The molecule has 0 aliphatic rings. The Hall–Kier alpha value is -2.17. The Morgan fingerprint density at radius 3 is 2.27 bits per heavy atom. The van der Waals surface area contributed by atoms with Crippen LogP contribution in [-0.2, 0) is 11.3 Å². The summed E-state index contributed by atoms with van der Waals surface area (Å²) >= 11 is 0. The molecule has 0 aromatic heterocycles. The van der Waals surface area contributed by atoms with Crippen molar-refractivity contribution in [2.24, 2.45) is 5.73 Å². The first-order valence-corrected chi connectivity index (χ1v) is 7.46. The van der Waals surface area contributed by atoms with Gasteiger partial charge in [-0.25, -0.2) is 0 Å². The third-order valence-electron chi connectivity index (χ3n) is 3.60. The highest BCUT2D eigenvalue weighted by molar-refractivity contribution is 5.75. The summed E-state index contributed by atoms with van der Waals surface area (Å²) in [5, 5.41) is 12.9. The van der Waals surface area contributed by atoms with Gasteiger partial charge in [0.2, 0.25) is 5.91 Å². The van der Waals surface area contributed by atoms with Crippen LogP contribution in [-0.4, -0.2) is 17.1 Å². The van der Waals surface area contributed by atoms with E-state index in [4.69, 9.17) is 5.73 Å². The van der Waals surface area contributed by atoms with E-state index in [1.807, 2.05) is 60.7 Å². The van der Waals surface area contributed by atoms with Crippen LogP contribution in [0.4, 0.5) is 0 Å². The van der Waals surface area contributed by atoms with Crippen LogP contribution in [0, 0.1) is 0 Å². The molecule has 2 rings (SSSR count). The molecule has 0 bridgehead atoms. The first kappa shape index (κ1) is 16.2. The Kier molecular flexibility index (Phi) is 6.13. The molecule has 0 saturated carbocycles. The number of benzene rings is 2. The highest BCUT2D eigenvalue weighted by atomic mass is 16.3. The highest BCUT2D eigenvalue weighted by Crippen LogP contribution is 2.17. The fraction of sp³-hybridized carbons (Fsp3) is 0.278. The molecular weight excluding hydrogens is 276 g/mol. The first-order chi connectivity index (χ1) is 10.7. The summed E-state index contributed by atoms with van der Waals surface area (Å²) < 4.78 is 0. The van der Waals surface area contributed by atoms with Crippen molar-refractivity contribution < 1.29 is 9.90 Å². The second-order valence-electron chi connectivity index (χ2n) is 5.30. The number of hydrogen-bond donors (Lipinski definition) is 3. The number of carbonyl (C=O) groups is 1. The van der Waals surface area contributed by atoms with E-state index in [9.17, 15) is 9.90 Å². The molecule has 22 heavy (non-hydrogen) atoms. The van der Waals surface area contributed by atoms with Crippen molar-refractivity contribution in [1.82, 2.24) is 5.32 Å². The average Bonchev–Trinajstić information content (AvgIpc) is 2.58. The molecule has 0 heterocycles. The van der Waals surface area contributed by atoms with E-state index in [0.29, 0.717) is 13.0 Å². The lowest BCUT2D eigenvalue weighted by Gasteiger charge is -2.19. The molecule has 0 saturated heterocycles. The van der Waals surface area contributed by atoms with Crippen molar-refractivity contribution >= 4 is 5.91 Å². The molecule has 2 atom stereocenters. The number of hydrogen-bond acceptors (Lipinski definition) is 3. The number of nitrogens with two attached hydrogens (primary N) is 1. The van der Waals surface area contributed by atoms with Crippen LogP contribution in [0.2, 0.25) is 0 Å².